The molecule has 4 fully saturated rings. The van der Waals surface area contributed by atoms with Gasteiger partial charge >= 0.3 is 0 Å². The molecule has 0 saturated heterocycles. The van der Waals surface area contributed by atoms with Crippen molar-refractivity contribution in [3.63, 3.8) is 0 Å². The summed E-state index contributed by atoms with van der Waals surface area (Å²) in [5, 5.41) is 10.1. The fraction of sp³-hybridized carbons (Fsp3) is 0.733. The van der Waals surface area contributed by atoms with Crippen LogP contribution in [0.15, 0.2) is 0 Å². The molecule has 1 heterocycles. The smallest absolute Gasteiger partial charge is 0.222 e. The molecule has 5 nitrogen and oxygen atoms in total. The summed E-state index contributed by atoms with van der Waals surface area (Å²) in [6.45, 7) is 1.48. The molecule has 4 aliphatic rings. The molecule has 1 amide bonds. The minimum atomic E-state index is -0.125. The lowest BCUT2D eigenvalue weighted by molar-refractivity contribution is -0.114. The minimum absolute atomic E-state index is 0.125. The SMILES string of the molecule is CC(=O)Nc1n[nH]c(C23CC4CC(CC(C4)C2)C3)c1N. The van der Waals surface area contributed by atoms with Crippen LogP contribution < -0.4 is 11.1 Å². The fourth-order valence-corrected chi connectivity index (χ4v) is 5.43. The third-order valence-corrected chi connectivity index (χ3v) is 5.67. The average Bonchev–Trinajstić information content (AvgIpc) is 2.69. The van der Waals surface area contributed by atoms with Gasteiger partial charge in [0, 0.05) is 12.3 Å². The topological polar surface area (TPSA) is 83.8 Å². The van der Waals surface area contributed by atoms with Crippen molar-refractivity contribution in [1.82, 2.24) is 10.2 Å². The molecule has 0 aliphatic heterocycles. The van der Waals surface area contributed by atoms with Gasteiger partial charge in [-0.2, -0.15) is 5.10 Å². The third-order valence-electron chi connectivity index (χ3n) is 5.67. The fourth-order valence-electron chi connectivity index (χ4n) is 5.43. The van der Waals surface area contributed by atoms with E-state index in [1.807, 2.05) is 0 Å². The first-order valence-electron chi connectivity index (χ1n) is 7.67. The molecule has 4 aliphatic carbocycles. The molecule has 4 saturated carbocycles. The molecule has 0 atom stereocenters. The van der Waals surface area contributed by atoms with Crippen LogP contribution in [0.4, 0.5) is 11.5 Å². The van der Waals surface area contributed by atoms with E-state index in [0.29, 0.717) is 11.5 Å². The standard InChI is InChI=1S/C15H22N4O/c1-8(20)17-14-12(16)13(18-19-14)15-5-9-2-10(6-15)4-11(3-9)7-15/h9-11H,2-7,16H2,1H3,(H2,17,18,19,20). The zero-order valence-corrected chi connectivity index (χ0v) is 11.9. The maximum absolute atomic E-state index is 11.2. The van der Waals surface area contributed by atoms with Gasteiger partial charge in [0.05, 0.1) is 11.4 Å². The minimum Gasteiger partial charge on any atom is -0.394 e. The molecule has 0 aromatic carbocycles. The maximum Gasteiger partial charge on any atom is 0.222 e. The number of nitrogens with zero attached hydrogens (tertiary/aromatic N) is 1. The second kappa shape index (κ2) is 3.99. The maximum atomic E-state index is 11.2. The first kappa shape index (κ1) is 12.2. The molecular weight excluding hydrogens is 252 g/mol. The average molecular weight is 274 g/mol. The summed E-state index contributed by atoms with van der Waals surface area (Å²) < 4.78 is 0. The van der Waals surface area contributed by atoms with Crippen molar-refractivity contribution in [2.75, 3.05) is 11.1 Å². The molecule has 20 heavy (non-hydrogen) atoms. The van der Waals surface area contributed by atoms with Crippen LogP contribution in [0.25, 0.3) is 0 Å². The zero-order valence-electron chi connectivity index (χ0n) is 11.9. The molecular formula is C15H22N4O. The van der Waals surface area contributed by atoms with Crippen LogP contribution in [0, 0.1) is 17.8 Å². The Labute approximate surface area is 118 Å². The molecule has 0 radical (unpaired) electrons. The van der Waals surface area contributed by atoms with Gasteiger partial charge in [0.25, 0.3) is 0 Å². The summed E-state index contributed by atoms with van der Waals surface area (Å²) in [7, 11) is 0. The highest BCUT2D eigenvalue weighted by Gasteiger charge is 2.53. The van der Waals surface area contributed by atoms with E-state index in [1.54, 1.807) is 0 Å². The number of aromatic amines is 1. The van der Waals surface area contributed by atoms with Crippen molar-refractivity contribution >= 4 is 17.4 Å². The Balaban J connectivity index is 1.70. The first-order chi connectivity index (χ1) is 9.56. The van der Waals surface area contributed by atoms with Gasteiger partial charge in [-0.05, 0) is 56.3 Å². The number of H-pyrrole nitrogens is 1. The predicted octanol–water partition coefficient (Wildman–Crippen LogP) is 2.42. The predicted molar refractivity (Wildman–Crippen MR) is 77.2 cm³/mol. The van der Waals surface area contributed by atoms with Crippen LogP contribution in [0.1, 0.15) is 51.1 Å². The number of nitrogens with one attached hydrogen (secondary N) is 2. The van der Waals surface area contributed by atoms with Gasteiger partial charge in [-0.1, -0.05) is 0 Å². The van der Waals surface area contributed by atoms with Crippen molar-refractivity contribution in [2.24, 2.45) is 17.8 Å². The Hall–Kier alpha value is -1.52. The van der Waals surface area contributed by atoms with Crippen LogP contribution >= 0.6 is 0 Å². The Morgan fingerprint density at radius 2 is 1.80 bits per heavy atom. The van der Waals surface area contributed by atoms with E-state index in [4.69, 9.17) is 5.73 Å². The number of aromatic nitrogens is 2. The molecule has 1 aromatic rings. The van der Waals surface area contributed by atoms with Crippen molar-refractivity contribution in [2.45, 2.75) is 50.9 Å². The van der Waals surface area contributed by atoms with Gasteiger partial charge in [0.15, 0.2) is 5.82 Å². The Bertz CT molecular complexity index is 527. The van der Waals surface area contributed by atoms with Gasteiger partial charge in [0.2, 0.25) is 5.91 Å². The largest absolute Gasteiger partial charge is 0.394 e. The number of hydrogen-bond donors (Lipinski definition) is 3. The normalized spacial score (nSPS) is 38.1. The Morgan fingerprint density at radius 1 is 1.25 bits per heavy atom. The second-order valence-corrected chi connectivity index (χ2v) is 7.24. The lowest BCUT2D eigenvalue weighted by atomic mass is 9.48. The summed E-state index contributed by atoms with van der Waals surface area (Å²) in [4.78, 5) is 11.2. The highest BCUT2D eigenvalue weighted by Crippen LogP contribution is 2.61. The van der Waals surface area contributed by atoms with E-state index >= 15 is 0 Å². The van der Waals surface area contributed by atoms with Crippen molar-refractivity contribution in [1.29, 1.82) is 0 Å². The van der Waals surface area contributed by atoms with E-state index in [2.05, 4.69) is 15.5 Å². The van der Waals surface area contributed by atoms with Gasteiger partial charge in [-0.3, -0.25) is 9.89 Å². The van der Waals surface area contributed by atoms with E-state index in [-0.39, 0.29) is 11.3 Å². The monoisotopic (exact) mass is 274 g/mol. The summed E-state index contributed by atoms with van der Waals surface area (Å²) in [5.74, 6) is 2.98. The zero-order chi connectivity index (χ0) is 13.9. The third kappa shape index (κ3) is 1.68. The number of carbonyl (C=O) groups excluding carboxylic acids is 1. The highest BCUT2D eigenvalue weighted by molar-refractivity contribution is 5.91. The molecule has 0 spiro atoms. The van der Waals surface area contributed by atoms with E-state index in [1.165, 1.54) is 45.4 Å². The second-order valence-electron chi connectivity index (χ2n) is 7.24. The molecule has 4 bridgehead atoms. The molecule has 5 rings (SSSR count). The number of nitrogens with two attached hydrogens (primary N) is 1. The lowest BCUT2D eigenvalue weighted by Crippen LogP contribution is -2.49. The van der Waals surface area contributed by atoms with Crippen LogP contribution in [-0.4, -0.2) is 16.1 Å². The van der Waals surface area contributed by atoms with Crippen molar-refractivity contribution < 1.29 is 4.79 Å². The van der Waals surface area contributed by atoms with Gasteiger partial charge in [-0.25, -0.2) is 0 Å². The van der Waals surface area contributed by atoms with Crippen LogP contribution in [-0.2, 0) is 10.2 Å². The van der Waals surface area contributed by atoms with E-state index in [0.717, 1.165) is 23.4 Å². The van der Waals surface area contributed by atoms with Crippen molar-refractivity contribution in [3.05, 3.63) is 5.69 Å². The molecule has 108 valence electrons. The molecule has 1 aromatic heterocycles. The number of hydrogen-bond acceptors (Lipinski definition) is 3. The number of anilines is 2. The van der Waals surface area contributed by atoms with Crippen LogP contribution in [0.5, 0.6) is 0 Å². The number of nitrogen functional groups attached to an aromatic ring is 1. The lowest BCUT2D eigenvalue weighted by Gasteiger charge is -2.56. The first-order valence-corrected chi connectivity index (χ1v) is 7.67. The van der Waals surface area contributed by atoms with Crippen LogP contribution in [0.2, 0.25) is 0 Å². The van der Waals surface area contributed by atoms with Gasteiger partial charge in [-0.15, -0.1) is 0 Å². The van der Waals surface area contributed by atoms with Crippen molar-refractivity contribution in [3.8, 4) is 0 Å². The summed E-state index contributed by atoms with van der Waals surface area (Å²) in [6.07, 6.45) is 7.95. The summed E-state index contributed by atoms with van der Waals surface area (Å²) >= 11 is 0. The molecule has 0 unspecified atom stereocenters. The summed E-state index contributed by atoms with van der Waals surface area (Å²) in [5.41, 5.74) is 8.20. The number of rotatable bonds is 2. The highest BCUT2D eigenvalue weighted by atomic mass is 16.1. The molecule has 5 heteroatoms. The number of carbonyl (C=O) groups is 1. The number of amides is 1. The Morgan fingerprint density at radius 3 is 2.30 bits per heavy atom. The summed E-state index contributed by atoms with van der Waals surface area (Å²) in [6, 6.07) is 0. The molecule has 4 N–H and O–H groups in total. The van der Waals surface area contributed by atoms with Crippen LogP contribution in [0.3, 0.4) is 0 Å². The van der Waals surface area contributed by atoms with Gasteiger partial charge < -0.3 is 11.1 Å². The van der Waals surface area contributed by atoms with E-state index < -0.39 is 0 Å². The quantitative estimate of drug-likeness (QED) is 0.774. The Kier molecular flexibility index (Phi) is 2.44. The van der Waals surface area contributed by atoms with Gasteiger partial charge in [0.1, 0.15) is 0 Å². The van der Waals surface area contributed by atoms with E-state index in [9.17, 15) is 4.79 Å².